The molecule has 0 spiro atoms. The third kappa shape index (κ3) is 2.24. The van der Waals surface area contributed by atoms with E-state index in [0.717, 1.165) is 29.9 Å². The molecule has 2 heterocycles. The van der Waals surface area contributed by atoms with Crippen molar-refractivity contribution in [1.82, 2.24) is 4.98 Å². The molecule has 1 aromatic heterocycles. The van der Waals surface area contributed by atoms with Crippen LogP contribution < -0.4 is 15.6 Å². The summed E-state index contributed by atoms with van der Waals surface area (Å²) in [6.45, 7) is 4.52. The summed E-state index contributed by atoms with van der Waals surface area (Å²) in [6, 6.07) is 8.03. The van der Waals surface area contributed by atoms with Gasteiger partial charge in [0.2, 0.25) is 0 Å². The molecule has 1 unspecified atom stereocenters. The highest BCUT2D eigenvalue weighted by atomic mass is 16.6. The zero-order valence-corrected chi connectivity index (χ0v) is 11.2. The predicted molar refractivity (Wildman–Crippen MR) is 77.2 cm³/mol. The number of aromatic nitrogens is 1. The first-order valence-electron chi connectivity index (χ1n) is 6.79. The van der Waals surface area contributed by atoms with E-state index in [2.05, 4.69) is 28.9 Å². The molecular weight excluding hydrogens is 238 g/mol. The standard InChI is InChI=1S/C15H19N3O/c1-11-4-3-9-18(10-11)13-6-7-14(19-16)15-12(13)5-2-8-17-15/h2,5-8,11H,3-4,9-10,16H2,1H3. The van der Waals surface area contributed by atoms with E-state index in [4.69, 9.17) is 10.7 Å². The van der Waals surface area contributed by atoms with Gasteiger partial charge in [0.15, 0.2) is 5.75 Å². The van der Waals surface area contributed by atoms with Crippen LogP contribution in [0.5, 0.6) is 5.75 Å². The molecule has 0 saturated carbocycles. The maximum Gasteiger partial charge on any atom is 0.173 e. The molecule has 1 aliphatic rings. The normalized spacial score (nSPS) is 19.7. The Morgan fingerprint density at radius 1 is 1.37 bits per heavy atom. The minimum absolute atomic E-state index is 0.629. The fourth-order valence-corrected chi connectivity index (χ4v) is 2.91. The second kappa shape index (κ2) is 5.05. The number of anilines is 1. The van der Waals surface area contributed by atoms with Crippen molar-refractivity contribution in [1.29, 1.82) is 0 Å². The second-order valence-corrected chi connectivity index (χ2v) is 5.29. The molecule has 2 N–H and O–H groups in total. The Labute approximate surface area is 113 Å². The van der Waals surface area contributed by atoms with E-state index >= 15 is 0 Å². The van der Waals surface area contributed by atoms with Crippen molar-refractivity contribution < 1.29 is 4.84 Å². The monoisotopic (exact) mass is 257 g/mol. The quantitative estimate of drug-likeness (QED) is 0.840. The molecule has 0 radical (unpaired) electrons. The van der Waals surface area contributed by atoms with Crippen LogP contribution in [0.4, 0.5) is 5.69 Å². The lowest BCUT2D eigenvalue weighted by atomic mass is 9.99. The minimum Gasteiger partial charge on any atom is -0.409 e. The fourth-order valence-electron chi connectivity index (χ4n) is 2.91. The Bertz CT molecular complexity index is 585. The molecule has 1 aliphatic heterocycles. The highest BCUT2D eigenvalue weighted by molar-refractivity contribution is 5.95. The second-order valence-electron chi connectivity index (χ2n) is 5.29. The topological polar surface area (TPSA) is 51.4 Å². The van der Waals surface area contributed by atoms with Gasteiger partial charge in [-0.15, -0.1) is 0 Å². The largest absolute Gasteiger partial charge is 0.409 e. The summed E-state index contributed by atoms with van der Waals surface area (Å²) in [7, 11) is 0. The molecule has 0 bridgehead atoms. The Morgan fingerprint density at radius 2 is 2.26 bits per heavy atom. The zero-order chi connectivity index (χ0) is 13.2. The van der Waals surface area contributed by atoms with Crippen LogP contribution >= 0.6 is 0 Å². The zero-order valence-electron chi connectivity index (χ0n) is 11.2. The summed E-state index contributed by atoms with van der Waals surface area (Å²) < 4.78 is 0. The van der Waals surface area contributed by atoms with Gasteiger partial charge in [0.1, 0.15) is 5.52 Å². The average Bonchev–Trinajstić information content (AvgIpc) is 2.46. The van der Waals surface area contributed by atoms with Crippen molar-refractivity contribution in [3.63, 3.8) is 0 Å². The Hall–Kier alpha value is -1.81. The molecule has 1 saturated heterocycles. The third-order valence-corrected chi connectivity index (χ3v) is 3.83. The van der Waals surface area contributed by atoms with Crippen LogP contribution in [0.1, 0.15) is 19.8 Å². The molecular formula is C15H19N3O. The number of rotatable bonds is 2. The smallest absolute Gasteiger partial charge is 0.173 e. The van der Waals surface area contributed by atoms with Gasteiger partial charge < -0.3 is 9.74 Å². The molecule has 4 nitrogen and oxygen atoms in total. The number of fused-ring (bicyclic) bond motifs is 1. The minimum atomic E-state index is 0.629. The fraction of sp³-hybridized carbons (Fsp3) is 0.400. The lowest BCUT2D eigenvalue weighted by Crippen LogP contribution is -2.34. The predicted octanol–water partition coefficient (Wildman–Crippen LogP) is 2.72. The first-order valence-corrected chi connectivity index (χ1v) is 6.79. The molecule has 1 aromatic carbocycles. The highest BCUT2D eigenvalue weighted by Crippen LogP contribution is 2.33. The number of benzene rings is 1. The summed E-state index contributed by atoms with van der Waals surface area (Å²) >= 11 is 0. The average molecular weight is 257 g/mol. The Kier molecular flexibility index (Phi) is 3.25. The van der Waals surface area contributed by atoms with Gasteiger partial charge >= 0.3 is 0 Å². The molecule has 4 heteroatoms. The van der Waals surface area contributed by atoms with Gasteiger partial charge in [-0.3, -0.25) is 4.98 Å². The van der Waals surface area contributed by atoms with Crippen molar-refractivity contribution in [2.45, 2.75) is 19.8 Å². The highest BCUT2D eigenvalue weighted by Gasteiger charge is 2.19. The lowest BCUT2D eigenvalue weighted by molar-refractivity contribution is 0.338. The van der Waals surface area contributed by atoms with Crippen LogP contribution in [0.25, 0.3) is 10.9 Å². The summed E-state index contributed by atoms with van der Waals surface area (Å²) in [6.07, 6.45) is 4.34. The van der Waals surface area contributed by atoms with Gasteiger partial charge in [-0.25, -0.2) is 0 Å². The molecule has 2 aromatic rings. The van der Waals surface area contributed by atoms with Gasteiger partial charge in [-0.1, -0.05) is 6.92 Å². The SMILES string of the molecule is CC1CCCN(c2ccc(ON)c3ncccc23)C1. The van der Waals surface area contributed by atoms with Crippen molar-refractivity contribution in [3.8, 4) is 5.75 Å². The number of hydrogen-bond donors (Lipinski definition) is 1. The maximum atomic E-state index is 5.31. The summed E-state index contributed by atoms with van der Waals surface area (Å²) in [4.78, 5) is 11.7. The van der Waals surface area contributed by atoms with Crippen LogP contribution in [0.3, 0.4) is 0 Å². The summed E-state index contributed by atoms with van der Waals surface area (Å²) in [5.41, 5.74) is 2.07. The molecule has 3 rings (SSSR count). The Morgan fingerprint density at radius 3 is 3.05 bits per heavy atom. The van der Waals surface area contributed by atoms with Crippen LogP contribution in [-0.2, 0) is 0 Å². The maximum absolute atomic E-state index is 5.31. The number of nitrogens with two attached hydrogens (primary N) is 1. The molecule has 0 amide bonds. The lowest BCUT2D eigenvalue weighted by Gasteiger charge is -2.33. The molecule has 0 aliphatic carbocycles. The van der Waals surface area contributed by atoms with E-state index in [1.54, 1.807) is 6.20 Å². The van der Waals surface area contributed by atoms with Crippen LogP contribution in [0.15, 0.2) is 30.5 Å². The van der Waals surface area contributed by atoms with Crippen molar-refractivity contribution in [2.24, 2.45) is 11.8 Å². The number of piperidine rings is 1. The van der Waals surface area contributed by atoms with Crippen LogP contribution in [0, 0.1) is 5.92 Å². The van der Waals surface area contributed by atoms with Gasteiger partial charge in [0, 0.05) is 30.4 Å². The van der Waals surface area contributed by atoms with Crippen molar-refractivity contribution >= 4 is 16.6 Å². The molecule has 1 fully saturated rings. The third-order valence-electron chi connectivity index (χ3n) is 3.83. The first-order chi connectivity index (χ1) is 9.29. The first kappa shape index (κ1) is 12.2. The molecule has 100 valence electrons. The number of pyridine rings is 1. The van der Waals surface area contributed by atoms with Crippen LogP contribution in [0.2, 0.25) is 0 Å². The van der Waals surface area contributed by atoms with E-state index in [1.807, 2.05) is 12.1 Å². The summed E-state index contributed by atoms with van der Waals surface area (Å²) in [5.74, 6) is 6.68. The van der Waals surface area contributed by atoms with Crippen molar-refractivity contribution in [2.75, 3.05) is 18.0 Å². The van der Waals surface area contributed by atoms with E-state index in [9.17, 15) is 0 Å². The van der Waals surface area contributed by atoms with Crippen molar-refractivity contribution in [3.05, 3.63) is 30.5 Å². The van der Waals surface area contributed by atoms with Gasteiger partial charge in [0.05, 0.1) is 0 Å². The Balaban J connectivity index is 2.09. The van der Waals surface area contributed by atoms with E-state index in [1.165, 1.54) is 18.5 Å². The van der Waals surface area contributed by atoms with E-state index in [0.29, 0.717) is 5.75 Å². The van der Waals surface area contributed by atoms with Gasteiger partial charge in [-0.2, -0.15) is 5.90 Å². The van der Waals surface area contributed by atoms with Gasteiger partial charge in [0.25, 0.3) is 0 Å². The number of nitrogens with zero attached hydrogens (tertiary/aromatic N) is 2. The van der Waals surface area contributed by atoms with E-state index < -0.39 is 0 Å². The summed E-state index contributed by atoms with van der Waals surface area (Å²) in [5, 5.41) is 1.11. The van der Waals surface area contributed by atoms with Crippen LogP contribution in [-0.4, -0.2) is 18.1 Å². The number of hydrogen-bond acceptors (Lipinski definition) is 4. The molecule has 1 atom stereocenters. The van der Waals surface area contributed by atoms with Gasteiger partial charge in [-0.05, 0) is 43.0 Å². The van der Waals surface area contributed by atoms with E-state index in [-0.39, 0.29) is 0 Å². The molecule has 19 heavy (non-hydrogen) atoms.